The standard InChI is InChI=1S/C23H23Cl2N3O5S2/c1-16-7-10-20(34(30,31)26-2)13-22(16)27-23(29)15-28(14-17-5-3-4-6-21(17)25)35(32,33)19-11-8-18(24)9-12-19/h3-13,26H,14-15H2,1-2H3,(H,27,29). The van der Waals surface area contributed by atoms with Crippen LogP contribution < -0.4 is 10.0 Å². The lowest BCUT2D eigenvalue weighted by Crippen LogP contribution is -2.37. The number of aryl methyl sites for hydroxylation is 1. The summed E-state index contributed by atoms with van der Waals surface area (Å²) >= 11 is 12.1. The van der Waals surface area contributed by atoms with Gasteiger partial charge in [0.05, 0.1) is 16.3 Å². The lowest BCUT2D eigenvalue weighted by Gasteiger charge is -2.23. The molecule has 0 aliphatic rings. The first kappa shape index (κ1) is 27.1. The molecule has 0 aliphatic heterocycles. The van der Waals surface area contributed by atoms with Gasteiger partial charge >= 0.3 is 0 Å². The lowest BCUT2D eigenvalue weighted by atomic mass is 10.2. The minimum atomic E-state index is -4.12. The number of carbonyl (C=O) groups excluding carboxylic acids is 1. The van der Waals surface area contributed by atoms with E-state index in [0.717, 1.165) is 4.31 Å². The second-order valence-corrected chi connectivity index (χ2v) is 12.2. The number of anilines is 1. The number of carbonyl (C=O) groups is 1. The fourth-order valence-corrected chi connectivity index (χ4v) is 5.62. The summed E-state index contributed by atoms with van der Waals surface area (Å²) in [6, 6.07) is 16.6. The van der Waals surface area contributed by atoms with E-state index in [1.165, 1.54) is 43.4 Å². The molecule has 0 bridgehead atoms. The molecule has 0 aromatic heterocycles. The highest BCUT2D eigenvalue weighted by Gasteiger charge is 2.28. The molecular formula is C23H23Cl2N3O5S2. The molecule has 0 saturated carbocycles. The molecule has 0 fully saturated rings. The number of nitrogens with one attached hydrogen (secondary N) is 2. The van der Waals surface area contributed by atoms with Crippen molar-refractivity contribution in [3.05, 3.63) is 87.9 Å². The predicted molar refractivity (Wildman–Crippen MR) is 137 cm³/mol. The number of nitrogens with zero attached hydrogens (tertiary/aromatic N) is 1. The molecule has 186 valence electrons. The highest BCUT2D eigenvalue weighted by atomic mass is 35.5. The van der Waals surface area contributed by atoms with Gasteiger partial charge in [0, 0.05) is 22.3 Å². The minimum Gasteiger partial charge on any atom is -0.325 e. The van der Waals surface area contributed by atoms with Gasteiger partial charge in [-0.25, -0.2) is 21.6 Å². The molecule has 1 amide bonds. The van der Waals surface area contributed by atoms with Gasteiger partial charge in [0.15, 0.2) is 0 Å². The van der Waals surface area contributed by atoms with Crippen LogP contribution in [0.1, 0.15) is 11.1 Å². The van der Waals surface area contributed by atoms with E-state index in [0.29, 0.717) is 21.2 Å². The molecule has 0 radical (unpaired) electrons. The monoisotopic (exact) mass is 555 g/mol. The van der Waals surface area contributed by atoms with Crippen LogP contribution in [0.5, 0.6) is 0 Å². The fourth-order valence-electron chi connectivity index (χ4n) is 3.17. The Morgan fingerprint density at radius 3 is 2.17 bits per heavy atom. The summed E-state index contributed by atoms with van der Waals surface area (Å²) < 4.78 is 54.3. The molecule has 0 atom stereocenters. The first-order valence-electron chi connectivity index (χ1n) is 10.3. The van der Waals surface area contributed by atoms with E-state index in [1.807, 2.05) is 0 Å². The number of amides is 1. The van der Waals surface area contributed by atoms with Gasteiger partial charge in [-0.3, -0.25) is 4.79 Å². The molecular weight excluding hydrogens is 533 g/mol. The number of benzene rings is 3. The third-order valence-electron chi connectivity index (χ3n) is 5.14. The van der Waals surface area contributed by atoms with Crippen LogP contribution in [0.4, 0.5) is 5.69 Å². The van der Waals surface area contributed by atoms with Crippen LogP contribution >= 0.6 is 23.2 Å². The summed E-state index contributed by atoms with van der Waals surface area (Å²) in [6.45, 7) is 0.987. The Labute approximate surface area is 215 Å². The molecule has 0 heterocycles. The topological polar surface area (TPSA) is 113 Å². The van der Waals surface area contributed by atoms with Crippen molar-refractivity contribution in [3.63, 3.8) is 0 Å². The highest BCUT2D eigenvalue weighted by Crippen LogP contribution is 2.24. The summed E-state index contributed by atoms with van der Waals surface area (Å²) in [7, 11) is -6.57. The van der Waals surface area contributed by atoms with Gasteiger partial charge in [-0.15, -0.1) is 0 Å². The zero-order valence-electron chi connectivity index (χ0n) is 18.8. The maximum Gasteiger partial charge on any atom is 0.243 e. The van der Waals surface area contributed by atoms with Crippen LogP contribution in [-0.4, -0.2) is 40.6 Å². The Hall–Kier alpha value is -2.47. The molecule has 0 aliphatic carbocycles. The van der Waals surface area contributed by atoms with Crippen molar-refractivity contribution < 1.29 is 21.6 Å². The smallest absolute Gasteiger partial charge is 0.243 e. The van der Waals surface area contributed by atoms with E-state index in [1.54, 1.807) is 37.3 Å². The zero-order chi connectivity index (χ0) is 25.8. The van der Waals surface area contributed by atoms with Gasteiger partial charge in [0.1, 0.15) is 0 Å². The third kappa shape index (κ3) is 6.60. The quantitative estimate of drug-likeness (QED) is 0.413. The van der Waals surface area contributed by atoms with Crippen molar-refractivity contribution >= 4 is 54.8 Å². The molecule has 3 aromatic carbocycles. The van der Waals surface area contributed by atoms with Crippen LogP contribution in [-0.2, 0) is 31.4 Å². The Morgan fingerprint density at radius 2 is 1.54 bits per heavy atom. The second-order valence-electron chi connectivity index (χ2n) is 7.55. The van der Waals surface area contributed by atoms with Crippen LogP contribution in [0.3, 0.4) is 0 Å². The van der Waals surface area contributed by atoms with Gasteiger partial charge < -0.3 is 5.32 Å². The van der Waals surface area contributed by atoms with Gasteiger partial charge in [0.25, 0.3) is 0 Å². The van der Waals surface area contributed by atoms with Gasteiger partial charge in [-0.2, -0.15) is 4.31 Å². The van der Waals surface area contributed by atoms with Crippen LogP contribution in [0.25, 0.3) is 0 Å². The number of hydrogen-bond acceptors (Lipinski definition) is 5. The molecule has 0 unspecified atom stereocenters. The van der Waals surface area contributed by atoms with E-state index in [-0.39, 0.29) is 22.0 Å². The molecule has 2 N–H and O–H groups in total. The van der Waals surface area contributed by atoms with Crippen LogP contribution in [0.2, 0.25) is 10.0 Å². The first-order chi connectivity index (χ1) is 16.4. The molecule has 3 aromatic rings. The van der Waals surface area contributed by atoms with Crippen molar-refractivity contribution in [1.82, 2.24) is 9.03 Å². The number of hydrogen-bond donors (Lipinski definition) is 2. The zero-order valence-corrected chi connectivity index (χ0v) is 22.0. The Balaban J connectivity index is 1.93. The Morgan fingerprint density at radius 1 is 0.914 bits per heavy atom. The Bertz CT molecular complexity index is 1440. The molecule has 0 saturated heterocycles. The average Bonchev–Trinajstić information content (AvgIpc) is 2.81. The summed E-state index contributed by atoms with van der Waals surface area (Å²) in [5.41, 5.74) is 1.36. The SMILES string of the molecule is CNS(=O)(=O)c1ccc(C)c(NC(=O)CN(Cc2ccccc2Cl)S(=O)(=O)c2ccc(Cl)cc2)c1. The van der Waals surface area contributed by atoms with E-state index in [2.05, 4.69) is 10.0 Å². The molecule has 35 heavy (non-hydrogen) atoms. The fraction of sp³-hybridized carbons (Fsp3) is 0.174. The molecule has 3 rings (SSSR count). The summed E-state index contributed by atoms with van der Waals surface area (Å²) in [5, 5.41) is 3.34. The van der Waals surface area contributed by atoms with E-state index >= 15 is 0 Å². The minimum absolute atomic E-state index is 0.0393. The molecule has 12 heteroatoms. The average molecular weight is 556 g/mol. The summed E-state index contributed by atoms with van der Waals surface area (Å²) in [5.74, 6) is -0.656. The van der Waals surface area contributed by atoms with Crippen molar-refractivity contribution in [2.75, 3.05) is 18.9 Å². The first-order valence-corrected chi connectivity index (χ1v) is 13.9. The van der Waals surface area contributed by atoms with E-state index < -0.39 is 32.5 Å². The summed E-state index contributed by atoms with van der Waals surface area (Å²) in [4.78, 5) is 12.9. The largest absolute Gasteiger partial charge is 0.325 e. The van der Waals surface area contributed by atoms with Gasteiger partial charge in [0.2, 0.25) is 26.0 Å². The van der Waals surface area contributed by atoms with Crippen LogP contribution in [0, 0.1) is 6.92 Å². The van der Waals surface area contributed by atoms with Crippen molar-refractivity contribution in [1.29, 1.82) is 0 Å². The number of rotatable bonds is 9. The van der Waals surface area contributed by atoms with Crippen molar-refractivity contribution in [3.8, 4) is 0 Å². The normalized spacial score (nSPS) is 12.0. The third-order valence-corrected chi connectivity index (χ3v) is 8.98. The van der Waals surface area contributed by atoms with Gasteiger partial charge in [-0.05, 0) is 67.6 Å². The van der Waals surface area contributed by atoms with Crippen molar-refractivity contribution in [2.24, 2.45) is 0 Å². The number of sulfonamides is 2. The number of halogens is 2. The van der Waals surface area contributed by atoms with Crippen LogP contribution in [0.15, 0.2) is 76.5 Å². The van der Waals surface area contributed by atoms with E-state index in [4.69, 9.17) is 23.2 Å². The van der Waals surface area contributed by atoms with Gasteiger partial charge in [-0.1, -0.05) is 47.5 Å². The highest BCUT2D eigenvalue weighted by molar-refractivity contribution is 7.89. The predicted octanol–water partition coefficient (Wildman–Crippen LogP) is 4.04. The maximum atomic E-state index is 13.4. The maximum absolute atomic E-state index is 13.4. The van der Waals surface area contributed by atoms with E-state index in [9.17, 15) is 21.6 Å². The lowest BCUT2D eigenvalue weighted by molar-refractivity contribution is -0.116. The molecule has 0 spiro atoms. The summed E-state index contributed by atoms with van der Waals surface area (Å²) in [6.07, 6.45) is 0. The Kier molecular flexibility index (Phi) is 8.58. The van der Waals surface area contributed by atoms with Crippen molar-refractivity contribution in [2.45, 2.75) is 23.3 Å². The second kappa shape index (κ2) is 11.1. The molecule has 8 nitrogen and oxygen atoms in total.